The van der Waals surface area contributed by atoms with E-state index in [0.29, 0.717) is 151 Å². The zero-order chi connectivity index (χ0) is 48.9. The molecule has 1 atom stereocenters. The number of aromatic nitrogens is 2. The summed E-state index contributed by atoms with van der Waals surface area (Å²) in [5, 5.41) is 3.20. The molecule has 372 valence electrons. The van der Waals surface area contributed by atoms with Gasteiger partial charge in [0.25, 0.3) is 11.5 Å². The van der Waals surface area contributed by atoms with Gasteiger partial charge in [-0.1, -0.05) is 22.6 Å². The number of nitrogens with zero attached hydrogens (tertiary/aromatic N) is 1. The summed E-state index contributed by atoms with van der Waals surface area (Å²) in [6.45, 7) is 12.7. The van der Waals surface area contributed by atoms with Gasteiger partial charge >= 0.3 is 0 Å². The van der Waals surface area contributed by atoms with Crippen molar-refractivity contribution in [2.45, 2.75) is 29.8 Å². The lowest BCUT2D eigenvalue weighted by atomic mass is 10.0. The van der Waals surface area contributed by atoms with Gasteiger partial charge in [0.05, 0.1) is 104 Å². The van der Waals surface area contributed by atoms with Crippen LogP contribution in [0.25, 0.3) is 22.0 Å². The van der Waals surface area contributed by atoms with Gasteiger partial charge in [-0.3, -0.25) is 9.59 Å². The maximum Gasteiger partial charge on any atom is 0.274 e. The minimum absolute atomic E-state index is 0.0170. The van der Waals surface area contributed by atoms with Crippen LogP contribution in [0.3, 0.4) is 0 Å². The first kappa shape index (κ1) is 54.5. The molecule has 1 amide bonds. The largest absolute Gasteiger partial charge is 0.491 e. The molecule has 0 aliphatic rings. The van der Waals surface area contributed by atoms with E-state index >= 15 is 0 Å². The summed E-state index contributed by atoms with van der Waals surface area (Å²) >= 11 is 2.20. The Morgan fingerprint density at radius 1 is 0.721 bits per heavy atom. The predicted molar refractivity (Wildman–Crippen MR) is 263 cm³/mol. The molecule has 0 unspecified atom stereocenters. The molecular weight excluding hydrogens is 1020 g/mol. The number of alkyl halides is 1. The fourth-order valence-electron chi connectivity index (χ4n) is 6.62. The highest BCUT2D eigenvalue weighted by atomic mass is 127. The van der Waals surface area contributed by atoms with E-state index in [1.54, 1.807) is 51.4 Å². The number of rotatable bonds is 32. The SMILES string of the molecule is Cc1cc(F)cc(C)c1Oc1ccc(S(C)(=O)=O)cc1-c1cn(C)c(=O)c2[nH]c(C(=O)Nc3ccc(OCCOCCOCCOCCOCCOCCOCCOCCO[C@H](C)I)cc3)cc12. The van der Waals surface area contributed by atoms with Crippen LogP contribution >= 0.6 is 22.6 Å². The van der Waals surface area contributed by atoms with Crippen LogP contribution in [0.5, 0.6) is 17.2 Å². The van der Waals surface area contributed by atoms with Gasteiger partial charge in [0, 0.05) is 41.7 Å². The molecule has 5 rings (SSSR count). The molecule has 2 N–H and O–H groups in total. The highest BCUT2D eigenvalue weighted by Crippen LogP contribution is 2.40. The number of nitrogens with one attached hydrogen (secondary N) is 2. The number of carbonyl (C=O) groups excluding carboxylic acids is 1. The molecule has 0 spiro atoms. The monoisotopic (exact) mass is 1080 g/mol. The first-order valence-corrected chi connectivity index (χ1v) is 25.2. The van der Waals surface area contributed by atoms with Gasteiger partial charge in [0.15, 0.2) is 9.84 Å². The zero-order valence-corrected chi connectivity index (χ0v) is 42.0. The Bertz CT molecular complexity index is 2510. The minimum atomic E-state index is -3.66. The molecular formula is C48H61FIN3O14S. The van der Waals surface area contributed by atoms with E-state index in [1.807, 2.05) is 6.92 Å². The number of H-pyrrole nitrogens is 1. The Labute approximate surface area is 409 Å². The topological polar surface area (TPSA) is 193 Å². The van der Waals surface area contributed by atoms with Crippen LogP contribution in [0, 0.1) is 19.7 Å². The van der Waals surface area contributed by atoms with E-state index in [2.05, 4.69) is 32.9 Å². The summed E-state index contributed by atoms with van der Waals surface area (Å²) in [7, 11) is -2.11. The number of ether oxygens (including phenoxy) is 10. The molecule has 5 aromatic rings. The lowest BCUT2D eigenvalue weighted by Crippen LogP contribution is -2.17. The molecule has 0 saturated carbocycles. The second-order valence-electron chi connectivity index (χ2n) is 15.4. The maximum absolute atomic E-state index is 14.1. The maximum atomic E-state index is 14.1. The molecule has 0 aliphatic heterocycles. The number of benzene rings is 3. The van der Waals surface area contributed by atoms with E-state index in [9.17, 15) is 22.4 Å². The van der Waals surface area contributed by atoms with Crippen molar-refractivity contribution in [1.82, 2.24) is 9.55 Å². The first-order valence-electron chi connectivity index (χ1n) is 22.1. The standard InChI is InChI=1S/C48H61FIN3O14S/c1-33-28-36(49)29-34(2)46(33)67-44-11-10-39(68(5,56)57)30-40(44)42-32-53(4)48(55)45-41(42)31-43(52-45)47(54)51-37-6-8-38(9-7-37)66-27-25-64-23-21-62-19-17-60-15-13-58-12-14-59-16-18-61-20-22-63-24-26-65-35(3)50/h6-11,28-32,35,52H,12-27H2,1-5H3,(H,51,54)/t35-/m1/s1. The molecule has 0 bridgehead atoms. The molecule has 0 aliphatic carbocycles. The third-order valence-corrected chi connectivity index (χ3v) is 11.4. The van der Waals surface area contributed by atoms with Crippen molar-refractivity contribution >= 4 is 54.9 Å². The van der Waals surface area contributed by atoms with Crippen LogP contribution in [0.1, 0.15) is 28.5 Å². The van der Waals surface area contributed by atoms with Crippen molar-refractivity contribution in [1.29, 1.82) is 0 Å². The highest BCUT2D eigenvalue weighted by molar-refractivity contribution is 14.1. The number of pyridine rings is 1. The third-order valence-electron chi connectivity index (χ3n) is 9.93. The molecule has 0 fully saturated rings. The summed E-state index contributed by atoms with van der Waals surface area (Å²) < 4.78 is 97.0. The Hall–Kier alpha value is -4.49. The number of amides is 1. The molecule has 3 aromatic carbocycles. The number of hydrogen-bond donors (Lipinski definition) is 2. The number of carbonyl (C=O) groups is 1. The van der Waals surface area contributed by atoms with Crippen LogP contribution in [0.4, 0.5) is 10.1 Å². The van der Waals surface area contributed by atoms with Crippen molar-refractivity contribution in [2.75, 3.05) is 117 Å². The second-order valence-corrected chi connectivity index (χ2v) is 19.1. The normalized spacial score (nSPS) is 12.2. The van der Waals surface area contributed by atoms with Crippen LogP contribution in [0.2, 0.25) is 0 Å². The summed E-state index contributed by atoms with van der Waals surface area (Å²) in [5.74, 6) is 0.298. The summed E-state index contributed by atoms with van der Waals surface area (Å²) in [6, 6.07) is 15.4. The molecule has 20 heteroatoms. The summed E-state index contributed by atoms with van der Waals surface area (Å²) in [6.07, 6.45) is 2.64. The van der Waals surface area contributed by atoms with Crippen LogP contribution in [-0.4, -0.2) is 140 Å². The number of aryl methyl sites for hydroxylation is 3. The minimum Gasteiger partial charge on any atom is -0.491 e. The lowest BCUT2D eigenvalue weighted by molar-refractivity contribution is -0.0236. The van der Waals surface area contributed by atoms with Gasteiger partial charge in [0.1, 0.15) is 45.0 Å². The highest BCUT2D eigenvalue weighted by Gasteiger charge is 2.22. The summed E-state index contributed by atoms with van der Waals surface area (Å²) in [5.41, 5.74) is 2.13. The van der Waals surface area contributed by atoms with Gasteiger partial charge in [-0.05, 0) is 92.6 Å². The third kappa shape index (κ3) is 17.8. The van der Waals surface area contributed by atoms with E-state index in [-0.39, 0.29) is 26.0 Å². The van der Waals surface area contributed by atoms with Gasteiger partial charge in [-0.25, -0.2) is 12.8 Å². The lowest BCUT2D eigenvalue weighted by Gasteiger charge is -2.17. The Morgan fingerprint density at radius 3 is 1.72 bits per heavy atom. The molecule has 17 nitrogen and oxygen atoms in total. The smallest absolute Gasteiger partial charge is 0.274 e. The first-order chi connectivity index (χ1) is 32.7. The predicted octanol–water partition coefficient (Wildman–Crippen LogP) is 7.03. The molecule has 68 heavy (non-hydrogen) atoms. The van der Waals surface area contributed by atoms with Crippen molar-refractivity contribution in [2.24, 2.45) is 7.05 Å². The number of halogens is 2. The number of fused-ring (bicyclic) bond motifs is 1. The van der Waals surface area contributed by atoms with Crippen molar-refractivity contribution < 1.29 is 65.0 Å². The van der Waals surface area contributed by atoms with Gasteiger partial charge in [-0.2, -0.15) is 0 Å². The van der Waals surface area contributed by atoms with E-state index in [4.69, 9.17) is 47.4 Å². The number of anilines is 1. The fraction of sp³-hybridized carbons (Fsp3) is 0.458. The quantitative estimate of drug-likeness (QED) is 0.0253. The Morgan fingerprint density at radius 2 is 1.22 bits per heavy atom. The molecule has 0 radical (unpaired) electrons. The number of aromatic amines is 1. The van der Waals surface area contributed by atoms with E-state index in [0.717, 1.165) is 6.26 Å². The zero-order valence-electron chi connectivity index (χ0n) is 39.1. The Kier molecular flexibility index (Phi) is 22.6. The van der Waals surface area contributed by atoms with Crippen LogP contribution in [-0.2, 0) is 54.8 Å². The molecule has 2 heterocycles. The van der Waals surface area contributed by atoms with E-state index < -0.39 is 27.1 Å². The van der Waals surface area contributed by atoms with Crippen molar-refractivity contribution in [3.8, 4) is 28.4 Å². The van der Waals surface area contributed by atoms with Gasteiger partial charge in [0.2, 0.25) is 0 Å². The Balaban J connectivity index is 0.981. The fourth-order valence-corrected chi connectivity index (χ4v) is 7.52. The molecule has 0 saturated heterocycles. The average molecular weight is 1080 g/mol. The van der Waals surface area contributed by atoms with Crippen LogP contribution < -0.4 is 20.3 Å². The van der Waals surface area contributed by atoms with Crippen LogP contribution in [0.15, 0.2) is 76.6 Å². The van der Waals surface area contributed by atoms with Crippen molar-refractivity contribution in [3.05, 3.63) is 99.9 Å². The van der Waals surface area contributed by atoms with Gasteiger partial charge < -0.3 is 62.2 Å². The average Bonchev–Trinajstić information content (AvgIpc) is 3.75. The summed E-state index contributed by atoms with van der Waals surface area (Å²) in [4.78, 5) is 29.9. The van der Waals surface area contributed by atoms with E-state index in [1.165, 1.54) is 41.0 Å². The second kappa shape index (κ2) is 28.2. The van der Waals surface area contributed by atoms with Crippen molar-refractivity contribution in [3.63, 3.8) is 0 Å². The number of sulfone groups is 1. The molecule has 2 aromatic heterocycles. The number of hydrogen-bond acceptors (Lipinski definition) is 14. The van der Waals surface area contributed by atoms with Gasteiger partial charge in [-0.15, -0.1) is 0 Å².